The van der Waals surface area contributed by atoms with E-state index in [0.29, 0.717) is 0 Å². The highest BCUT2D eigenvalue weighted by Gasteiger charge is 2.37. The molecule has 0 aromatic carbocycles. The highest BCUT2D eigenvalue weighted by atomic mass is 19.4. The zero-order valence-electron chi connectivity index (χ0n) is 11.2. The molecule has 0 N–H and O–H groups in total. The minimum absolute atomic E-state index is 0.103. The molecule has 1 rings (SSSR count). The van der Waals surface area contributed by atoms with Gasteiger partial charge < -0.3 is 4.90 Å². The number of halogens is 4. The van der Waals surface area contributed by atoms with Crippen molar-refractivity contribution in [3.63, 3.8) is 0 Å². The lowest BCUT2D eigenvalue weighted by molar-refractivity contribution is -0.148. The summed E-state index contributed by atoms with van der Waals surface area (Å²) in [6.45, 7) is 2.96. The Morgan fingerprint density at radius 3 is 2.58 bits per heavy atom. The molecule has 0 fully saturated rings. The quantitative estimate of drug-likeness (QED) is 0.679. The van der Waals surface area contributed by atoms with Gasteiger partial charge in [0.2, 0.25) is 0 Å². The molecular weight excluding hydrogens is 258 g/mol. The Morgan fingerprint density at radius 1 is 1.32 bits per heavy atom. The third kappa shape index (κ3) is 5.19. The number of allylic oxidation sites excluding steroid dienone is 4. The second-order valence-electron chi connectivity index (χ2n) is 4.75. The number of alkyl halides is 3. The zero-order chi connectivity index (χ0) is 14.5. The Kier molecular flexibility index (Phi) is 5.79. The molecule has 5 heteroatoms. The van der Waals surface area contributed by atoms with E-state index in [9.17, 15) is 17.6 Å². The van der Waals surface area contributed by atoms with Gasteiger partial charge >= 0.3 is 6.18 Å². The van der Waals surface area contributed by atoms with Crippen LogP contribution in [0.25, 0.3) is 0 Å². The maximum atomic E-state index is 13.7. The maximum Gasteiger partial charge on any atom is 0.398 e. The van der Waals surface area contributed by atoms with Crippen LogP contribution in [-0.2, 0) is 0 Å². The molecule has 19 heavy (non-hydrogen) atoms. The standard InChI is InChI=1S/C14H19F4N/c1-3-4-8-19(2)10-11-9-12(14(16,17)18)6-5-7-13(11)15/h5-7,9,12H,3-4,8,10H2,1-2H3. The van der Waals surface area contributed by atoms with Gasteiger partial charge in [-0.1, -0.05) is 31.6 Å². The summed E-state index contributed by atoms with van der Waals surface area (Å²) in [5.41, 5.74) is 0.103. The molecule has 0 aliphatic heterocycles. The van der Waals surface area contributed by atoms with E-state index < -0.39 is 17.9 Å². The van der Waals surface area contributed by atoms with E-state index in [1.165, 1.54) is 0 Å². The van der Waals surface area contributed by atoms with Crippen molar-refractivity contribution in [2.45, 2.75) is 25.9 Å². The Bertz CT molecular complexity index is 379. The van der Waals surface area contributed by atoms with Gasteiger partial charge in [-0.2, -0.15) is 13.2 Å². The number of nitrogens with zero attached hydrogens (tertiary/aromatic N) is 1. The molecule has 0 bridgehead atoms. The Labute approximate surface area is 111 Å². The summed E-state index contributed by atoms with van der Waals surface area (Å²) in [4.78, 5) is 1.83. The predicted octanol–water partition coefficient (Wildman–Crippen LogP) is 4.25. The van der Waals surface area contributed by atoms with Crippen molar-refractivity contribution in [2.75, 3.05) is 20.1 Å². The van der Waals surface area contributed by atoms with E-state index in [0.717, 1.165) is 43.7 Å². The van der Waals surface area contributed by atoms with Crippen molar-refractivity contribution >= 4 is 0 Å². The van der Waals surface area contributed by atoms with Crippen molar-refractivity contribution in [3.05, 3.63) is 35.7 Å². The van der Waals surface area contributed by atoms with Crippen molar-refractivity contribution in [2.24, 2.45) is 5.92 Å². The van der Waals surface area contributed by atoms with Gasteiger partial charge in [-0.15, -0.1) is 0 Å². The molecule has 0 spiro atoms. The molecule has 0 amide bonds. The Morgan fingerprint density at radius 2 is 2.00 bits per heavy atom. The van der Waals surface area contributed by atoms with Gasteiger partial charge in [0.25, 0.3) is 0 Å². The van der Waals surface area contributed by atoms with Crippen molar-refractivity contribution in [3.8, 4) is 0 Å². The van der Waals surface area contributed by atoms with Crippen LogP contribution in [0.15, 0.2) is 35.7 Å². The lowest BCUT2D eigenvalue weighted by atomic mass is 10.1. The van der Waals surface area contributed by atoms with Gasteiger partial charge in [-0.05, 0) is 31.7 Å². The predicted molar refractivity (Wildman–Crippen MR) is 68.4 cm³/mol. The molecule has 108 valence electrons. The van der Waals surface area contributed by atoms with E-state index in [1.54, 1.807) is 7.05 Å². The molecule has 1 atom stereocenters. The van der Waals surface area contributed by atoms with Gasteiger partial charge in [-0.25, -0.2) is 4.39 Å². The fourth-order valence-corrected chi connectivity index (χ4v) is 1.85. The van der Waals surface area contributed by atoms with Crippen LogP contribution in [0.3, 0.4) is 0 Å². The fraction of sp³-hybridized carbons (Fsp3) is 0.571. The monoisotopic (exact) mass is 277 g/mol. The van der Waals surface area contributed by atoms with Crippen LogP contribution in [0, 0.1) is 5.92 Å². The molecule has 1 unspecified atom stereocenters. The number of likely N-dealkylation sites (N-methyl/N-ethyl adjacent to an activating group) is 1. The van der Waals surface area contributed by atoms with Crippen LogP contribution in [0.5, 0.6) is 0 Å². The topological polar surface area (TPSA) is 3.24 Å². The molecule has 1 nitrogen and oxygen atoms in total. The van der Waals surface area contributed by atoms with Crippen LogP contribution in [0.1, 0.15) is 19.8 Å². The third-order valence-electron chi connectivity index (χ3n) is 2.96. The van der Waals surface area contributed by atoms with Gasteiger partial charge in [0.15, 0.2) is 0 Å². The lowest BCUT2D eigenvalue weighted by Crippen LogP contribution is -2.24. The molecule has 0 radical (unpaired) electrons. The maximum absolute atomic E-state index is 13.7. The minimum atomic E-state index is -4.37. The SMILES string of the molecule is CCCCN(C)CC1=CC(C(F)(F)F)C=CC=C1F. The van der Waals surface area contributed by atoms with Gasteiger partial charge in [0.05, 0.1) is 5.92 Å². The number of unbranched alkanes of at least 4 members (excludes halogenated alkanes) is 1. The van der Waals surface area contributed by atoms with E-state index >= 15 is 0 Å². The van der Waals surface area contributed by atoms with Crippen LogP contribution in [0.4, 0.5) is 17.6 Å². The van der Waals surface area contributed by atoms with E-state index in [2.05, 4.69) is 0 Å². The third-order valence-corrected chi connectivity index (χ3v) is 2.96. The van der Waals surface area contributed by atoms with Crippen molar-refractivity contribution in [1.29, 1.82) is 0 Å². The molecular formula is C14H19F4N. The summed E-state index contributed by atoms with van der Waals surface area (Å²) in [7, 11) is 1.78. The van der Waals surface area contributed by atoms with Crippen LogP contribution in [-0.4, -0.2) is 31.2 Å². The van der Waals surface area contributed by atoms with Crippen molar-refractivity contribution < 1.29 is 17.6 Å². The number of rotatable bonds is 5. The molecule has 0 saturated heterocycles. The van der Waals surface area contributed by atoms with Crippen LogP contribution >= 0.6 is 0 Å². The molecule has 1 aliphatic carbocycles. The normalized spacial score (nSPS) is 20.3. The lowest BCUT2D eigenvalue weighted by Gasteiger charge is -2.19. The summed E-state index contributed by atoms with van der Waals surface area (Å²) in [5.74, 6) is -2.31. The first-order chi connectivity index (χ1) is 8.84. The van der Waals surface area contributed by atoms with Gasteiger partial charge in [-0.3, -0.25) is 0 Å². The smallest absolute Gasteiger partial charge is 0.302 e. The Hall–Kier alpha value is -1.10. The second kappa shape index (κ2) is 6.89. The Balaban J connectivity index is 2.80. The summed E-state index contributed by atoms with van der Waals surface area (Å²) < 4.78 is 51.8. The summed E-state index contributed by atoms with van der Waals surface area (Å²) in [6, 6.07) is 0. The number of hydrogen-bond acceptors (Lipinski definition) is 1. The van der Waals surface area contributed by atoms with Crippen LogP contribution < -0.4 is 0 Å². The van der Waals surface area contributed by atoms with Gasteiger partial charge in [0.1, 0.15) is 5.83 Å². The van der Waals surface area contributed by atoms with Crippen molar-refractivity contribution in [1.82, 2.24) is 4.90 Å². The summed E-state index contributed by atoms with van der Waals surface area (Å²) in [6.07, 6.45) is 1.72. The van der Waals surface area contributed by atoms with E-state index in [1.807, 2.05) is 11.8 Å². The molecule has 0 heterocycles. The fourth-order valence-electron chi connectivity index (χ4n) is 1.85. The van der Waals surface area contributed by atoms with E-state index in [-0.39, 0.29) is 12.1 Å². The first-order valence-corrected chi connectivity index (χ1v) is 6.35. The largest absolute Gasteiger partial charge is 0.398 e. The number of hydrogen-bond donors (Lipinski definition) is 0. The highest BCUT2D eigenvalue weighted by Crippen LogP contribution is 2.32. The average molecular weight is 277 g/mol. The molecule has 1 aliphatic rings. The highest BCUT2D eigenvalue weighted by molar-refractivity contribution is 5.34. The minimum Gasteiger partial charge on any atom is -0.302 e. The molecule has 0 saturated carbocycles. The molecule has 0 aromatic rings. The van der Waals surface area contributed by atoms with Gasteiger partial charge in [0, 0.05) is 6.54 Å². The first kappa shape index (κ1) is 16.0. The average Bonchev–Trinajstić information content (AvgIpc) is 2.49. The molecule has 0 aromatic heterocycles. The summed E-state index contributed by atoms with van der Waals surface area (Å²) in [5, 5.41) is 0. The summed E-state index contributed by atoms with van der Waals surface area (Å²) >= 11 is 0. The second-order valence-corrected chi connectivity index (χ2v) is 4.75. The first-order valence-electron chi connectivity index (χ1n) is 6.35. The van der Waals surface area contributed by atoms with Crippen LogP contribution in [0.2, 0.25) is 0 Å². The van der Waals surface area contributed by atoms with E-state index in [4.69, 9.17) is 0 Å². The zero-order valence-corrected chi connectivity index (χ0v) is 11.2.